The first-order valence-electron chi connectivity index (χ1n) is 4.56. The molecule has 1 aromatic rings. The molecular weight excluding hydrogens is 218 g/mol. The number of thioether (sulfide) groups is 1. The van der Waals surface area contributed by atoms with Gasteiger partial charge in [0.2, 0.25) is 0 Å². The average Bonchev–Trinajstić information content (AvgIpc) is 2.58. The molecule has 0 aliphatic heterocycles. The van der Waals surface area contributed by atoms with Crippen molar-refractivity contribution < 1.29 is 15.0 Å². The highest BCUT2D eigenvalue weighted by atomic mass is 32.2. The van der Waals surface area contributed by atoms with Crippen LogP contribution < -0.4 is 0 Å². The predicted octanol–water partition coefficient (Wildman–Crippen LogP) is 0.357. The van der Waals surface area contributed by atoms with Gasteiger partial charge in [-0.05, 0) is 6.42 Å². The first kappa shape index (κ1) is 12.0. The topological polar surface area (TPSA) is 88.2 Å². The summed E-state index contributed by atoms with van der Waals surface area (Å²) in [5.41, 5.74) is 0. The normalized spacial score (nSPS) is 10.5. The van der Waals surface area contributed by atoms with Gasteiger partial charge in [-0.15, -0.1) is 10.2 Å². The summed E-state index contributed by atoms with van der Waals surface area (Å²) in [6.07, 6.45) is 0.881. The van der Waals surface area contributed by atoms with Crippen molar-refractivity contribution in [2.75, 3.05) is 5.75 Å². The molecule has 0 atom stereocenters. The van der Waals surface area contributed by atoms with Crippen LogP contribution >= 0.6 is 11.8 Å². The smallest absolute Gasteiger partial charge is 0.313 e. The Kier molecular flexibility index (Phi) is 4.57. The molecule has 1 rings (SSSR count). The summed E-state index contributed by atoms with van der Waals surface area (Å²) in [7, 11) is 0. The highest BCUT2D eigenvalue weighted by molar-refractivity contribution is 7.99. The Balaban J connectivity index is 2.77. The molecule has 0 aliphatic carbocycles. The quantitative estimate of drug-likeness (QED) is 0.687. The molecule has 0 spiro atoms. The molecule has 0 saturated carbocycles. The molecule has 0 aliphatic rings. The number of hydrogen-bond acceptors (Lipinski definition) is 5. The molecule has 7 heteroatoms. The number of aliphatic carboxylic acids is 1. The second-order valence-electron chi connectivity index (χ2n) is 2.89. The SMILES string of the molecule is CCCn1c(CO)nnc1SCC(=O)O. The van der Waals surface area contributed by atoms with E-state index in [1.807, 2.05) is 6.92 Å². The van der Waals surface area contributed by atoms with E-state index in [1.54, 1.807) is 4.57 Å². The van der Waals surface area contributed by atoms with Gasteiger partial charge in [0, 0.05) is 6.54 Å². The van der Waals surface area contributed by atoms with E-state index in [1.165, 1.54) is 0 Å². The maximum absolute atomic E-state index is 10.4. The third kappa shape index (κ3) is 3.21. The summed E-state index contributed by atoms with van der Waals surface area (Å²) < 4.78 is 1.74. The van der Waals surface area contributed by atoms with Gasteiger partial charge in [0.1, 0.15) is 6.61 Å². The van der Waals surface area contributed by atoms with E-state index >= 15 is 0 Å². The lowest BCUT2D eigenvalue weighted by molar-refractivity contribution is -0.133. The Labute approximate surface area is 91.3 Å². The molecule has 1 aromatic heterocycles. The minimum absolute atomic E-state index is 0.0483. The van der Waals surface area contributed by atoms with Gasteiger partial charge in [0.25, 0.3) is 0 Å². The number of hydrogen-bond donors (Lipinski definition) is 2. The van der Waals surface area contributed by atoms with Gasteiger partial charge in [-0.1, -0.05) is 18.7 Å². The van der Waals surface area contributed by atoms with Crippen LogP contribution in [0.4, 0.5) is 0 Å². The van der Waals surface area contributed by atoms with Crippen LogP contribution in [0.2, 0.25) is 0 Å². The predicted molar refractivity (Wildman–Crippen MR) is 54.6 cm³/mol. The number of nitrogens with zero attached hydrogens (tertiary/aromatic N) is 3. The Morgan fingerprint density at radius 1 is 1.53 bits per heavy atom. The largest absolute Gasteiger partial charge is 0.481 e. The van der Waals surface area contributed by atoms with Crippen molar-refractivity contribution >= 4 is 17.7 Å². The fourth-order valence-electron chi connectivity index (χ4n) is 1.12. The zero-order valence-corrected chi connectivity index (χ0v) is 9.20. The summed E-state index contributed by atoms with van der Waals surface area (Å²) in [5, 5.41) is 25.7. The molecule has 0 aromatic carbocycles. The highest BCUT2D eigenvalue weighted by Gasteiger charge is 2.12. The van der Waals surface area contributed by atoms with E-state index in [2.05, 4.69) is 10.2 Å². The molecule has 0 unspecified atom stereocenters. The molecule has 15 heavy (non-hydrogen) atoms. The second-order valence-corrected chi connectivity index (χ2v) is 3.83. The Morgan fingerprint density at radius 2 is 2.27 bits per heavy atom. The summed E-state index contributed by atoms with van der Waals surface area (Å²) in [6.45, 7) is 2.50. The van der Waals surface area contributed by atoms with Gasteiger partial charge >= 0.3 is 5.97 Å². The molecule has 2 N–H and O–H groups in total. The number of aliphatic hydroxyl groups is 1. The van der Waals surface area contributed by atoms with Crippen LogP contribution in [0.1, 0.15) is 19.2 Å². The highest BCUT2D eigenvalue weighted by Crippen LogP contribution is 2.17. The third-order valence-electron chi connectivity index (χ3n) is 1.71. The molecule has 0 bridgehead atoms. The summed E-state index contributed by atoms with van der Waals surface area (Å²) in [5.74, 6) is -0.464. The van der Waals surface area contributed by atoms with Crippen LogP contribution in [0.3, 0.4) is 0 Å². The van der Waals surface area contributed by atoms with Gasteiger partial charge in [0.15, 0.2) is 11.0 Å². The zero-order chi connectivity index (χ0) is 11.3. The number of rotatable bonds is 6. The van der Waals surface area contributed by atoms with E-state index in [-0.39, 0.29) is 12.4 Å². The lowest BCUT2D eigenvalue weighted by atomic mass is 10.4. The number of carboxylic acids is 1. The van der Waals surface area contributed by atoms with Crippen molar-refractivity contribution in [3.63, 3.8) is 0 Å². The van der Waals surface area contributed by atoms with Gasteiger partial charge < -0.3 is 14.8 Å². The van der Waals surface area contributed by atoms with Crippen LogP contribution in [0.5, 0.6) is 0 Å². The van der Waals surface area contributed by atoms with Crippen molar-refractivity contribution in [3.8, 4) is 0 Å². The molecule has 0 radical (unpaired) electrons. The summed E-state index contributed by atoms with van der Waals surface area (Å²) in [6, 6.07) is 0. The summed E-state index contributed by atoms with van der Waals surface area (Å²) >= 11 is 1.11. The second kappa shape index (κ2) is 5.72. The number of aromatic nitrogens is 3. The van der Waals surface area contributed by atoms with Gasteiger partial charge in [-0.25, -0.2) is 0 Å². The maximum atomic E-state index is 10.4. The molecule has 0 saturated heterocycles. The van der Waals surface area contributed by atoms with Crippen LogP contribution in [0.25, 0.3) is 0 Å². The lowest BCUT2D eigenvalue weighted by Crippen LogP contribution is -2.06. The maximum Gasteiger partial charge on any atom is 0.313 e. The van der Waals surface area contributed by atoms with Crippen molar-refractivity contribution in [3.05, 3.63) is 5.82 Å². The summed E-state index contributed by atoms with van der Waals surface area (Å²) in [4.78, 5) is 10.4. The van der Waals surface area contributed by atoms with Crippen molar-refractivity contribution in [2.45, 2.75) is 31.7 Å². The van der Waals surface area contributed by atoms with E-state index in [4.69, 9.17) is 10.2 Å². The van der Waals surface area contributed by atoms with Crippen molar-refractivity contribution in [2.24, 2.45) is 0 Å². The standard InChI is InChI=1S/C8H13N3O3S/c1-2-3-11-6(4-12)9-10-8(11)15-5-7(13)14/h12H,2-5H2,1H3,(H,13,14). The number of aliphatic hydroxyl groups excluding tert-OH is 1. The zero-order valence-electron chi connectivity index (χ0n) is 8.38. The van der Waals surface area contributed by atoms with Crippen LogP contribution in [-0.4, -0.2) is 36.7 Å². The molecule has 0 amide bonds. The fourth-order valence-corrected chi connectivity index (χ4v) is 1.82. The minimum atomic E-state index is -0.892. The first-order valence-corrected chi connectivity index (χ1v) is 5.55. The molecule has 0 fully saturated rings. The number of carboxylic acid groups (broad SMARTS) is 1. The molecular formula is C8H13N3O3S. The van der Waals surface area contributed by atoms with E-state index in [0.717, 1.165) is 18.2 Å². The van der Waals surface area contributed by atoms with Gasteiger partial charge in [-0.2, -0.15) is 0 Å². The molecule has 6 nitrogen and oxygen atoms in total. The van der Waals surface area contributed by atoms with Crippen molar-refractivity contribution in [1.82, 2.24) is 14.8 Å². The molecule has 1 heterocycles. The van der Waals surface area contributed by atoms with Gasteiger partial charge in [0.05, 0.1) is 5.75 Å². The Bertz CT molecular complexity index is 340. The number of carbonyl (C=O) groups is 1. The van der Waals surface area contributed by atoms with Crippen molar-refractivity contribution in [1.29, 1.82) is 0 Å². The third-order valence-corrected chi connectivity index (χ3v) is 2.66. The Hall–Kier alpha value is -1.08. The minimum Gasteiger partial charge on any atom is -0.481 e. The van der Waals surface area contributed by atoms with Crippen LogP contribution in [0.15, 0.2) is 5.16 Å². The van der Waals surface area contributed by atoms with E-state index < -0.39 is 5.97 Å². The molecule has 84 valence electrons. The lowest BCUT2D eigenvalue weighted by Gasteiger charge is -2.05. The van der Waals surface area contributed by atoms with E-state index in [0.29, 0.717) is 17.5 Å². The van der Waals surface area contributed by atoms with Crippen LogP contribution in [-0.2, 0) is 17.9 Å². The first-order chi connectivity index (χ1) is 7.19. The van der Waals surface area contributed by atoms with Crippen LogP contribution in [0, 0.1) is 0 Å². The monoisotopic (exact) mass is 231 g/mol. The van der Waals surface area contributed by atoms with Gasteiger partial charge in [-0.3, -0.25) is 4.79 Å². The Morgan fingerprint density at radius 3 is 2.80 bits per heavy atom. The fraction of sp³-hybridized carbons (Fsp3) is 0.625. The average molecular weight is 231 g/mol. The van der Waals surface area contributed by atoms with E-state index in [9.17, 15) is 4.79 Å².